The van der Waals surface area contributed by atoms with E-state index in [1.165, 1.54) is 14.2 Å². The van der Waals surface area contributed by atoms with Crippen molar-refractivity contribution in [3.8, 4) is 17.2 Å². The van der Waals surface area contributed by atoms with E-state index >= 15 is 0 Å². The molecular weight excluding hydrogens is 376 g/mol. The van der Waals surface area contributed by atoms with E-state index in [9.17, 15) is 15.3 Å². The maximum absolute atomic E-state index is 10.0. The molecule has 0 atom stereocenters. The van der Waals surface area contributed by atoms with E-state index in [1.807, 2.05) is 18.2 Å². The van der Waals surface area contributed by atoms with Gasteiger partial charge in [-0.3, -0.25) is 0 Å². The first-order valence-electron chi connectivity index (χ1n) is 7.20. The van der Waals surface area contributed by atoms with Crippen LogP contribution in [0.1, 0.15) is 22.3 Å². The lowest BCUT2D eigenvalue weighted by atomic mass is 10.0. The van der Waals surface area contributed by atoms with Gasteiger partial charge < -0.3 is 24.8 Å². The summed E-state index contributed by atoms with van der Waals surface area (Å²) >= 11 is 3.35. The van der Waals surface area contributed by atoms with Crippen LogP contribution in [-0.2, 0) is 13.2 Å². The molecule has 0 unspecified atom stereocenters. The molecule has 0 aliphatic heterocycles. The maximum Gasteiger partial charge on any atom is 0.172 e. The SMILES string of the molecule is COc1ccc(/C=C\c2cc(CO)c(CO)c(OC)c2)c(Br)c1O. The lowest BCUT2D eigenvalue weighted by Crippen LogP contribution is -1.99. The van der Waals surface area contributed by atoms with Crippen LogP contribution in [-0.4, -0.2) is 29.5 Å². The minimum Gasteiger partial charge on any atom is -0.503 e. The molecule has 128 valence electrons. The van der Waals surface area contributed by atoms with Crippen LogP contribution in [0, 0.1) is 0 Å². The number of halogens is 1. The third-order valence-electron chi connectivity index (χ3n) is 3.66. The number of phenols is 1. The van der Waals surface area contributed by atoms with Gasteiger partial charge in [0.1, 0.15) is 5.75 Å². The zero-order valence-corrected chi connectivity index (χ0v) is 15.0. The van der Waals surface area contributed by atoms with Crippen molar-refractivity contribution in [1.82, 2.24) is 0 Å². The minimum atomic E-state index is -0.207. The van der Waals surface area contributed by atoms with Crippen LogP contribution in [0.3, 0.4) is 0 Å². The number of aliphatic hydroxyl groups is 2. The third-order valence-corrected chi connectivity index (χ3v) is 4.49. The first kappa shape index (κ1) is 18.3. The van der Waals surface area contributed by atoms with Crippen LogP contribution in [0.25, 0.3) is 12.2 Å². The third kappa shape index (κ3) is 3.72. The van der Waals surface area contributed by atoms with Crippen molar-refractivity contribution in [3.63, 3.8) is 0 Å². The lowest BCUT2D eigenvalue weighted by Gasteiger charge is -2.12. The number of methoxy groups -OCH3 is 2. The number of ether oxygens (including phenoxy) is 2. The molecule has 2 aromatic rings. The lowest BCUT2D eigenvalue weighted by molar-refractivity contribution is 0.254. The Hall–Kier alpha value is -2.02. The summed E-state index contributed by atoms with van der Waals surface area (Å²) in [5.74, 6) is 0.930. The van der Waals surface area contributed by atoms with Crippen LogP contribution in [0.15, 0.2) is 28.7 Å². The van der Waals surface area contributed by atoms with Crippen LogP contribution in [0.2, 0.25) is 0 Å². The zero-order chi connectivity index (χ0) is 17.7. The second kappa shape index (κ2) is 8.19. The van der Waals surface area contributed by atoms with E-state index in [0.717, 1.165) is 11.1 Å². The van der Waals surface area contributed by atoms with Crippen molar-refractivity contribution in [3.05, 3.63) is 51.0 Å². The van der Waals surface area contributed by atoms with Gasteiger partial charge in [0, 0.05) is 5.56 Å². The van der Waals surface area contributed by atoms with Gasteiger partial charge in [-0.25, -0.2) is 0 Å². The Bertz CT molecular complexity index is 730. The van der Waals surface area contributed by atoms with E-state index in [2.05, 4.69) is 15.9 Å². The van der Waals surface area contributed by atoms with E-state index in [4.69, 9.17) is 9.47 Å². The normalized spacial score (nSPS) is 11.0. The van der Waals surface area contributed by atoms with Crippen molar-refractivity contribution in [2.24, 2.45) is 0 Å². The summed E-state index contributed by atoms with van der Waals surface area (Å²) < 4.78 is 10.9. The summed E-state index contributed by atoms with van der Waals surface area (Å²) in [7, 11) is 3.00. The molecule has 0 amide bonds. The van der Waals surface area contributed by atoms with Crippen LogP contribution in [0.4, 0.5) is 0 Å². The molecule has 5 nitrogen and oxygen atoms in total. The number of benzene rings is 2. The fourth-order valence-corrected chi connectivity index (χ4v) is 2.83. The molecule has 3 N–H and O–H groups in total. The fraction of sp³-hybridized carbons (Fsp3) is 0.222. The monoisotopic (exact) mass is 394 g/mol. The quantitative estimate of drug-likeness (QED) is 0.654. The van der Waals surface area contributed by atoms with Gasteiger partial charge in [-0.2, -0.15) is 0 Å². The van der Waals surface area contributed by atoms with E-state index in [0.29, 0.717) is 27.1 Å². The molecule has 0 heterocycles. The van der Waals surface area contributed by atoms with Crippen molar-refractivity contribution in [2.45, 2.75) is 13.2 Å². The number of hydrogen-bond donors (Lipinski definition) is 3. The van der Waals surface area contributed by atoms with E-state index in [1.54, 1.807) is 18.2 Å². The van der Waals surface area contributed by atoms with E-state index < -0.39 is 0 Å². The average molecular weight is 395 g/mol. The number of hydrogen-bond acceptors (Lipinski definition) is 5. The number of phenolic OH excluding ortho intramolecular Hbond substituents is 1. The van der Waals surface area contributed by atoms with Crippen molar-refractivity contribution in [2.75, 3.05) is 14.2 Å². The zero-order valence-electron chi connectivity index (χ0n) is 13.4. The molecule has 0 aromatic heterocycles. The molecule has 2 aromatic carbocycles. The van der Waals surface area contributed by atoms with Gasteiger partial charge in [0.2, 0.25) is 0 Å². The van der Waals surface area contributed by atoms with Crippen LogP contribution >= 0.6 is 15.9 Å². The molecule has 2 rings (SSSR count). The summed E-state index contributed by atoms with van der Waals surface area (Å²) in [5, 5.41) is 28.9. The summed E-state index contributed by atoms with van der Waals surface area (Å²) in [4.78, 5) is 0. The molecule has 6 heteroatoms. The average Bonchev–Trinajstić information content (AvgIpc) is 2.61. The second-order valence-electron chi connectivity index (χ2n) is 5.03. The van der Waals surface area contributed by atoms with E-state index in [-0.39, 0.29) is 19.0 Å². The molecule has 0 bridgehead atoms. The van der Waals surface area contributed by atoms with Gasteiger partial charge in [-0.15, -0.1) is 0 Å². The van der Waals surface area contributed by atoms with Gasteiger partial charge in [0.15, 0.2) is 11.5 Å². The summed E-state index contributed by atoms with van der Waals surface area (Å²) in [6.45, 7) is -0.401. The van der Waals surface area contributed by atoms with Gasteiger partial charge >= 0.3 is 0 Å². The standard InChI is InChI=1S/C18H19BrO5/c1-23-15-6-5-12(17(19)18(15)22)4-3-11-7-13(9-20)14(10-21)16(8-11)24-2/h3-8,20-22H,9-10H2,1-2H3/b4-3-. The predicted octanol–water partition coefficient (Wildman–Crippen LogP) is 3.33. The molecule has 0 aliphatic rings. The fourth-order valence-electron chi connectivity index (χ4n) is 2.37. The highest BCUT2D eigenvalue weighted by molar-refractivity contribution is 9.10. The smallest absolute Gasteiger partial charge is 0.172 e. The number of aliphatic hydroxyl groups excluding tert-OH is 2. The Kier molecular flexibility index (Phi) is 6.25. The van der Waals surface area contributed by atoms with Crippen molar-refractivity contribution in [1.29, 1.82) is 0 Å². The molecule has 0 aliphatic carbocycles. The molecule has 0 saturated heterocycles. The summed E-state index contributed by atoms with van der Waals surface area (Å²) in [5.41, 5.74) is 2.74. The van der Waals surface area contributed by atoms with Crippen molar-refractivity contribution >= 4 is 28.1 Å². The van der Waals surface area contributed by atoms with Crippen molar-refractivity contribution < 1.29 is 24.8 Å². The Balaban J connectivity index is 2.41. The Morgan fingerprint density at radius 3 is 2.29 bits per heavy atom. The van der Waals surface area contributed by atoms with Gasteiger partial charge in [-0.05, 0) is 56.9 Å². The minimum absolute atomic E-state index is 0.0314. The summed E-state index contributed by atoms with van der Waals surface area (Å²) in [6, 6.07) is 7.04. The van der Waals surface area contributed by atoms with Crippen LogP contribution in [0.5, 0.6) is 17.2 Å². The van der Waals surface area contributed by atoms with Gasteiger partial charge in [0.05, 0.1) is 31.9 Å². The molecule has 0 radical (unpaired) electrons. The predicted molar refractivity (Wildman–Crippen MR) is 96.1 cm³/mol. The highest BCUT2D eigenvalue weighted by Crippen LogP contribution is 2.37. The number of rotatable bonds is 6. The topological polar surface area (TPSA) is 79.2 Å². The Labute approximate surface area is 148 Å². The molecule has 0 spiro atoms. The molecule has 0 fully saturated rings. The maximum atomic E-state index is 10.0. The number of aromatic hydroxyl groups is 1. The highest BCUT2D eigenvalue weighted by Gasteiger charge is 2.11. The van der Waals surface area contributed by atoms with Gasteiger partial charge in [-0.1, -0.05) is 12.2 Å². The Morgan fingerprint density at radius 2 is 1.71 bits per heavy atom. The summed E-state index contributed by atoms with van der Waals surface area (Å²) in [6.07, 6.45) is 3.65. The molecule has 24 heavy (non-hydrogen) atoms. The highest BCUT2D eigenvalue weighted by atomic mass is 79.9. The first-order chi connectivity index (χ1) is 11.5. The van der Waals surface area contributed by atoms with Crippen LogP contribution < -0.4 is 9.47 Å². The molecule has 0 saturated carbocycles. The first-order valence-corrected chi connectivity index (χ1v) is 8.00. The molecular formula is C18H19BrO5. The largest absolute Gasteiger partial charge is 0.503 e. The Morgan fingerprint density at radius 1 is 1.00 bits per heavy atom. The van der Waals surface area contributed by atoms with Gasteiger partial charge in [0.25, 0.3) is 0 Å². The second-order valence-corrected chi connectivity index (χ2v) is 5.82.